The SMILES string of the molecule is CCOC(=O)c1ccccc1NC(=O)C(C#N)=Cc1ccc(OC(=O)c2ccc(C)cc2)cc1. The van der Waals surface area contributed by atoms with Gasteiger partial charge in [-0.15, -0.1) is 0 Å². The van der Waals surface area contributed by atoms with Gasteiger partial charge in [-0.05, 0) is 61.9 Å². The highest BCUT2D eigenvalue weighted by molar-refractivity contribution is 6.12. The molecule has 0 radical (unpaired) electrons. The molecule has 0 unspecified atom stereocenters. The fourth-order valence-electron chi connectivity index (χ4n) is 2.97. The van der Waals surface area contributed by atoms with E-state index in [-0.39, 0.29) is 23.4 Å². The van der Waals surface area contributed by atoms with Gasteiger partial charge in [-0.3, -0.25) is 4.79 Å². The largest absolute Gasteiger partial charge is 0.462 e. The van der Waals surface area contributed by atoms with Gasteiger partial charge >= 0.3 is 11.9 Å². The summed E-state index contributed by atoms with van der Waals surface area (Å²) < 4.78 is 10.4. The average molecular weight is 454 g/mol. The average Bonchev–Trinajstić information content (AvgIpc) is 2.84. The van der Waals surface area contributed by atoms with Crippen LogP contribution in [0.25, 0.3) is 6.08 Å². The highest BCUT2D eigenvalue weighted by Gasteiger charge is 2.16. The Bertz CT molecular complexity index is 1270. The van der Waals surface area contributed by atoms with E-state index in [4.69, 9.17) is 9.47 Å². The summed E-state index contributed by atoms with van der Waals surface area (Å²) >= 11 is 0. The molecule has 170 valence electrons. The van der Waals surface area contributed by atoms with Crippen molar-refractivity contribution < 1.29 is 23.9 Å². The van der Waals surface area contributed by atoms with Crippen LogP contribution >= 0.6 is 0 Å². The number of para-hydroxylation sites is 1. The predicted molar refractivity (Wildman–Crippen MR) is 127 cm³/mol. The zero-order valence-electron chi connectivity index (χ0n) is 18.7. The van der Waals surface area contributed by atoms with Crippen LogP contribution < -0.4 is 10.1 Å². The Labute approximate surface area is 197 Å². The quantitative estimate of drug-likeness (QED) is 0.235. The summed E-state index contributed by atoms with van der Waals surface area (Å²) in [6.45, 7) is 3.81. The Kier molecular flexibility index (Phi) is 7.93. The van der Waals surface area contributed by atoms with Gasteiger partial charge in [0.25, 0.3) is 5.91 Å². The number of hydrogen-bond acceptors (Lipinski definition) is 6. The molecule has 3 rings (SSSR count). The third-order valence-corrected chi connectivity index (χ3v) is 4.72. The molecule has 0 atom stereocenters. The molecule has 0 spiro atoms. The number of hydrogen-bond donors (Lipinski definition) is 1. The number of rotatable bonds is 7. The first-order valence-corrected chi connectivity index (χ1v) is 10.5. The molecule has 0 aliphatic rings. The number of nitrogens with one attached hydrogen (secondary N) is 1. The van der Waals surface area contributed by atoms with Gasteiger partial charge in [0.2, 0.25) is 0 Å². The number of ether oxygens (including phenoxy) is 2. The topological polar surface area (TPSA) is 105 Å². The first kappa shape index (κ1) is 24.0. The van der Waals surface area contributed by atoms with Gasteiger partial charge in [0.1, 0.15) is 17.4 Å². The van der Waals surface area contributed by atoms with Crippen LogP contribution in [-0.4, -0.2) is 24.5 Å². The number of nitrogens with zero attached hydrogens (tertiary/aromatic N) is 1. The minimum atomic E-state index is -0.672. The Morgan fingerprint density at radius 3 is 2.26 bits per heavy atom. The Morgan fingerprint density at radius 1 is 0.941 bits per heavy atom. The van der Waals surface area contributed by atoms with Crippen LogP contribution in [-0.2, 0) is 9.53 Å². The second kappa shape index (κ2) is 11.2. The molecule has 3 aromatic rings. The minimum Gasteiger partial charge on any atom is -0.462 e. The molecule has 0 saturated heterocycles. The van der Waals surface area contributed by atoms with Crippen molar-refractivity contribution in [2.75, 3.05) is 11.9 Å². The lowest BCUT2D eigenvalue weighted by Crippen LogP contribution is -2.17. The van der Waals surface area contributed by atoms with E-state index in [2.05, 4.69) is 5.32 Å². The smallest absolute Gasteiger partial charge is 0.343 e. The van der Waals surface area contributed by atoms with Crippen LogP contribution in [0.3, 0.4) is 0 Å². The van der Waals surface area contributed by atoms with E-state index in [0.29, 0.717) is 16.9 Å². The Balaban J connectivity index is 1.71. The number of amides is 1. The highest BCUT2D eigenvalue weighted by atomic mass is 16.5. The van der Waals surface area contributed by atoms with Crippen molar-refractivity contribution in [3.05, 3.63) is 101 Å². The predicted octanol–water partition coefficient (Wildman–Crippen LogP) is 4.94. The monoisotopic (exact) mass is 454 g/mol. The molecule has 3 aromatic carbocycles. The molecule has 0 aliphatic carbocycles. The van der Waals surface area contributed by atoms with Gasteiger partial charge in [0.15, 0.2) is 0 Å². The van der Waals surface area contributed by atoms with Crippen LogP contribution in [0.4, 0.5) is 5.69 Å². The van der Waals surface area contributed by atoms with Crippen LogP contribution in [0.15, 0.2) is 78.4 Å². The zero-order chi connectivity index (χ0) is 24.5. The van der Waals surface area contributed by atoms with Gasteiger partial charge in [0.05, 0.1) is 23.4 Å². The third kappa shape index (κ3) is 6.17. The molecular weight excluding hydrogens is 432 g/mol. The zero-order valence-corrected chi connectivity index (χ0v) is 18.7. The van der Waals surface area contributed by atoms with E-state index in [1.165, 1.54) is 12.1 Å². The van der Waals surface area contributed by atoms with E-state index in [9.17, 15) is 19.6 Å². The van der Waals surface area contributed by atoms with E-state index in [0.717, 1.165) is 5.56 Å². The van der Waals surface area contributed by atoms with E-state index in [1.54, 1.807) is 61.5 Å². The van der Waals surface area contributed by atoms with Crippen LogP contribution in [0.5, 0.6) is 5.75 Å². The summed E-state index contributed by atoms with van der Waals surface area (Å²) in [5.74, 6) is -1.40. The fourth-order valence-corrected chi connectivity index (χ4v) is 2.97. The fraction of sp³-hybridized carbons (Fsp3) is 0.111. The van der Waals surface area contributed by atoms with Crippen LogP contribution in [0.1, 0.15) is 38.8 Å². The summed E-state index contributed by atoms with van der Waals surface area (Å²) in [7, 11) is 0. The lowest BCUT2D eigenvalue weighted by Gasteiger charge is -2.10. The molecule has 0 saturated carbocycles. The maximum Gasteiger partial charge on any atom is 0.343 e. The third-order valence-electron chi connectivity index (χ3n) is 4.72. The molecular formula is C27H22N2O5. The minimum absolute atomic E-state index is 0.164. The first-order chi connectivity index (χ1) is 16.4. The first-order valence-electron chi connectivity index (χ1n) is 10.5. The Morgan fingerprint density at radius 2 is 1.62 bits per heavy atom. The summed E-state index contributed by atoms with van der Waals surface area (Å²) in [4.78, 5) is 37.0. The molecule has 1 N–H and O–H groups in total. The maximum atomic E-state index is 12.7. The lowest BCUT2D eigenvalue weighted by atomic mass is 10.1. The second-order valence-corrected chi connectivity index (χ2v) is 7.21. The Hall–Kier alpha value is -4.70. The number of aryl methyl sites for hydroxylation is 1. The molecule has 1 amide bonds. The number of carbonyl (C=O) groups is 3. The van der Waals surface area contributed by atoms with Gasteiger partial charge in [-0.2, -0.15) is 5.26 Å². The van der Waals surface area contributed by atoms with Gasteiger partial charge < -0.3 is 14.8 Å². The number of carbonyl (C=O) groups excluding carboxylic acids is 3. The summed E-state index contributed by atoms with van der Waals surface area (Å²) in [6, 6.07) is 21.7. The maximum absolute atomic E-state index is 12.7. The molecule has 0 aliphatic heterocycles. The summed E-state index contributed by atoms with van der Waals surface area (Å²) in [5.41, 5.74) is 2.29. The van der Waals surface area contributed by atoms with Crippen LogP contribution in [0, 0.1) is 18.3 Å². The number of anilines is 1. The summed E-state index contributed by atoms with van der Waals surface area (Å²) in [6.07, 6.45) is 1.40. The number of esters is 2. The van der Waals surface area contributed by atoms with Crippen molar-refractivity contribution in [3.8, 4) is 11.8 Å². The second-order valence-electron chi connectivity index (χ2n) is 7.21. The van der Waals surface area contributed by atoms with Crippen molar-refractivity contribution in [3.63, 3.8) is 0 Å². The summed E-state index contributed by atoms with van der Waals surface area (Å²) in [5, 5.41) is 12.1. The van der Waals surface area contributed by atoms with Crippen molar-refractivity contribution >= 4 is 29.6 Å². The number of nitriles is 1. The molecule has 0 bridgehead atoms. The van der Waals surface area contributed by atoms with Crippen molar-refractivity contribution in [2.45, 2.75) is 13.8 Å². The molecule has 34 heavy (non-hydrogen) atoms. The van der Waals surface area contributed by atoms with Gasteiger partial charge in [0, 0.05) is 0 Å². The number of benzene rings is 3. The standard InChI is InChI=1S/C27H22N2O5/c1-3-33-27(32)23-6-4-5-7-24(23)29-25(30)21(17-28)16-19-10-14-22(15-11-19)34-26(31)20-12-8-18(2)9-13-20/h4-16H,3H2,1-2H3,(H,29,30). The van der Waals surface area contributed by atoms with E-state index < -0.39 is 17.8 Å². The highest BCUT2D eigenvalue weighted by Crippen LogP contribution is 2.19. The molecule has 0 aromatic heterocycles. The van der Waals surface area contributed by atoms with E-state index in [1.807, 2.05) is 25.1 Å². The normalized spacial score (nSPS) is 10.7. The van der Waals surface area contributed by atoms with Gasteiger partial charge in [-0.1, -0.05) is 42.0 Å². The molecule has 0 fully saturated rings. The lowest BCUT2D eigenvalue weighted by molar-refractivity contribution is -0.112. The van der Waals surface area contributed by atoms with Crippen molar-refractivity contribution in [2.24, 2.45) is 0 Å². The van der Waals surface area contributed by atoms with E-state index >= 15 is 0 Å². The van der Waals surface area contributed by atoms with Crippen molar-refractivity contribution in [1.82, 2.24) is 0 Å². The molecule has 7 nitrogen and oxygen atoms in total. The van der Waals surface area contributed by atoms with Gasteiger partial charge in [-0.25, -0.2) is 9.59 Å². The molecule has 7 heteroatoms. The molecule has 0 heterocycles. The van der Waals surface area contributed by atoms with Crippen LogP contribution in [0.2, 0.25) is 0 Å². The van der Waals surface area contributed by atoms with Crippen molar-refractivity contribution in [1.29, 1.82) is 5.26 Å².